The molecule has 31 heavy (non-hydrogen) atoms. The molecule has 0 fully saturated rings. The molecule has 5 nitrogen and oxygen atoms in total. The van der Waals surface area contributed by atoms with Crippen molar-refractivity contribution in [3.8, 4) is 11.3 Å². The van der Waals surface area contributed by atoms with Gasteiger partial charge < -0.3 is 5.32 Å². The van der Waals surface area contributed by atoms with Crippen molar-refractivity contribution in [3.05, 3.63) is 108 Å². The van der Waals surface area contributed by atoms with Gasteiger partial charge in [0.05, 0.1) is 23.8 Å². The van der Waals surface area contributed by atoms with Crippen LogP contribution in [0.4, 0.5) is 10.1 Å². The lowest BCUT2D eigenvalue weighted by Crippen LogP contribution is -1.99. The van der Waals surface area contributed by atoms with Crippen LogP contribution >= 0.6 is 0 Å². The van der Waals surface area contributed by atoms with Crippen LogP contribution < -0.4 is 5.32 Å². The van der Waals surface area contributed by atoms with Crippen LogP contribution in [0.3, 0.4) is 0 Å². The number of nitrogens with zero attached hydrogens (tertiary/aromatic N) is 4. The maximum atomic E-state index is 13.3. The fourth-order valence-corrected chi connectivity index (χ4v) is 2.83. The molecule has 1 aliphatic rings. The molecule has 0 aliphatic carbocycles. The van der Waals surface area contributed by atoms with E-state index in [1.807, 2.05) is 42.5 Å². The van der Waals surface area contributed by atoms with Crippen LogP contribution in [0.1, 0.15) is 11.1 Å². The Kier molecular flexibility index (Phi) is 6.18. The molecule has 0 atom stereocenters. The number of pyridine rings is 2. The summed E-state index contributed by atoms with van der Waals surface area (Å²) in [6.45, 7) is 2.07. The normalized spacial score (nSPS) is 14.6. The molecule has 1 aromatic carbocycles. The van der Waals surface area contributed by atoms with Gasteiger partial charge in [-0.2, -0.15) is 4.39 Å². The number of benzene rings is 1. The second-order valence-electron chi connectivity index (χ2n) is 6.85. The number of aliphatic imine (C=N–C) groups is 2. The summed E-state index contributed by atoms with van der Waals surface area (Å²) in [6, 6.07) is 15.0. The van der Waals surface area contributed by atoms with Gasteiger partial charge in [0.2, 0.25) is 5.95 Å². The smallest absolute Gasteiger partial charge is 0.213 e. The minimum atomic E-state index is -0.532. The van der Waals surface area contributed by atoms with Gasteiger partial charge in [-0.15, -0.1) is 0 Å². The molecular weight excluding hydrogens is 389 g/mol. The maximum Gasteiger partial charge on any atom is 0.213 e. The molecule has 0 radical (unpaired) electrons. The minimum Gasteiger partial charge on any atom is -0.337 e. The van der Waals surface area contributed by atoms with Gasteiger partial charge in [0.25, 0.3) is 0 Å². The SMILES string of the molecule is Cc1cccc(/C=C/C=C/C=N/C(Nc2ccc(-c3ccnc(F)c3)nc2)=C2C=N/2)c1. The second-order valence-corrected chi connectivity index (χ2v) is 6.85. The first-order valence-electron chi connectivity index (χ1n) is 9.75. The topological polar surface area (TPSA) is 62.5 Å². The third-order valence-corrected chi connectivity index (χ3v) is 4.39. The highest BCUT2D eigenvalue weighted by molar-refractivity contribution is 5.94. The number of allylic oxidation sites excluding steroid dienone is 4. The summed E-state index contributed by atoms with van der Waals surface area (Å²) in [5, 5.41) is 3.21. The minimum absolute atomic E-state index is 0.532. The summed E-state index contributed by atoms with van der Waals surface area (Å²) < 4.78 is 13.3. The van der Waals surface area contributed by atoms with Gasteiger partial charge in [-0.3, -0.25) is 4.98 Å². The number of aromatic nitrogens is 2. The first-order valence-corrected chi connectivity index (χ1v) is 9.75. The molecule has 6 heteroatoms. The zero-order valence-corrected chi connectivity index (χ0v) is 16.9. The molecule has 152 valence electrons. The number of rotatable bonds is 7. The molecule has 0 unspecified atom stereocenters. The van der Waals surface area contributed by atoms with Gasteiger partial charge in [0, 0.05) is 24.0 Å². The molecule has 1 aliphatic heterocycles. The molecule has 0 saturated carbocycles. The highest BCUT2D eigenvalue weighted by atomic mass is 19.1. The van der Waals surface area contributed by atoms with Gasteiger partial charge in [0.1, 0.15) is 5.70 Å². The van der Waals surface area contributed by atoms with Crippen molar-refractivity contribution in [2.45, 2.75) is 6.92 Å². The number of anilines is 1. The molecule has 4 rings (SSSR count). The van der Waals surface area contributed by atoms with E-state index in [2.05, 4.69) is 50.4 Å². The van der Waals surface area contributed by atoms with E-state index in [1.165, 1.54) is 17.8 Å². The van der Waals surface area contributed by atoms with Gasteiger partial charge in [-0.05, 0) is 36.8 Å². The molecule has 2 aromatic heterocycles. The molecule has 3 heterocycles. The van der Waals surface area contributed by atoms with E-state index in [0.29, 0.717) is 17.1 Å². The summed E-state index contributed by atoms with van der Waals surface area (Å²) in [5.74, 6) is 0.104. The Hall–Kier alpha value is -4.19. The Morgan fingerprint density at radius 1 is 1.03 bits per heavy atom. The summed E-state index contributed by atoms with van der Waals surface area (Å²) in [5.41, 5.74) is 5.27. The molecule has 3 aromatic rings. The summed E-state index contributed by atoms with van der Waals surface area (Å²) in [7, 11) is 0. The lowest BCUT2D eigenvalue weighted by Gasteiger charge is -2.06. The van der Waals surface area contributed by atoms with E-state index >= 15 is 0 Å². The van der Waals surface area contributed by atoms with Crippen molar-refractivity contribution >= 4 is 24.2 Å². The number of hydrogen-bond donors (Lipinski definition) is 1. The van der Waals surface area contributed by atoms with Crippen LogP contribution in [0, 0.1) is 12.9 Å². The fraction of sp³-hybridized carbons (Fsp3) is 0.0400. The molecule has 0 bridgehead atoms. The van der Waals surface area contributed by atoms with Gasteiger partial charge >= 0.3 is 0 Å². The third-order valence-electron chi connectivity index (χ3n) is 4.39. The Bertz CT molecular complexity index is 1210. The van der Waals surface area contributed by atoms with Crippen molar-refractivity contribution in [2.75, 3.05) is 5.32 Å². The predicted octanol–water partition coefficient (Wildman–Crippen LogP) is 5.60. The first-order chi connectivity index (χ1) is 15.2. The van der Waals surface area contributed by atoms with Crippen molar-refractivity contribution in [1.29, 1.82) is 0 Å². The van der Waals surface area contributed by atoms with E-state index in [1.54, 1.807) is 24.7 Å². The van der Waals surface area contributed by atoms with E-state index in [9.17, 15) is 4.39 Å². The van der Waals surface area contributed by atoms with Crippen LogP contribution in [0.5, 0.6) is 0 Å². The molecule has 0 saturated heterocycles. The van der Waals surface area contributed by atoms with Crippen LogP contribution in [0.15, 0.2) is 101 Å². The second kappa shape index (κ2) is 9.54. The van der Waals surface area contributed by atoms with Gasteiger partial charge in [-0.1, -0.05) is 48.1 Å². The molecule has 1 N–H and O–H groups in total. The zero-order chi connectivity index (χ0) is 21.5. The number of halogens is 1. The maximum absolute atomic E-state index is 13.3. The van der Waals surface area contributed by atoms with Crippen molar-refractivity contribution in [1.82, 2.24) is 9.97 Å². The number of aryl methyl sites for hydroxylation is 1. The van der Waals surface area contributed by atoms with Crippen molar-refractivity contribution < 1.29 is 4.39 Å². The Balaban J connectivity index is 1.37. The summed E-state index contributed by atoms with van der Waals surface area (Å²) in [4.78, 5) is 16.5. The third kappa shape index (κ3) is 5.90. The number of hydrogen-bond acceptors (Lipinski definition) is 5. The molecule has 0 amide bonds. The van der Waals surface area contributed by atoms with Crippen molar-refractivity contribution in [3.63, 3.8) is 0 Å². The number of nitrogens with one attached hydrogen (secondary N) is 1. The van der Waals surface area contributed by atoms with Crippen LogP contribution in [0.2, 0.25) is 0 Å². The summed E-state index contributed by atoms with van der Waals surface area (Å²) in [6.07, 6.45) is 14.3. The average molecular weight is 409 g/mol. The zero-order valence-electron chi connectivity index (χ0n) is 16.9. The first kappa shape index (κ1) is 20.1. The summed E-state index contributed by atoms with van der Waals surface area (Å²) >= 11 is 0. The Morgan fingerprint density at radius 2 is 1.94 bits per heavy atom. The largest absolute Gasteiger partial charge is 0.337 e. The van der Waals surface area contributed by atoms with E-state index < -0.39 is 5.95 Å². The average Bonchev–Trinajstić information content (AvgIpc) is 3.61. The lowest BCUT2D eigenvalue weighted by molar-refractivity contribution is 0.584. The quantitative estimate of drug-likeness (QED) is 0.314. The molecular formula is C25H20FN5. The predicted molar refractivity (Wildman–Crippen MR) is 124 cm³/mol. The highest BCUT2D eigenvalue weighted by Gasteiger charge is 2.11. The fourth-order valence-electron chi connectivity index (χ4n) is 2.83. The Labute approximate surface area is 180 Å². The van der Waals surface area contributed by atoms with Crippen LogP contribution in [-0.4, -0.2) is 22.4 Å². The van der Waals surface area contributed by atoms with Gasteiger partial charge in [-0.25, -0.2) is 15.0 Å². The highest BCUT2D eigenvalue weighted by Crippen LogP contribution is 2.21. The van der Waals surface area contributed by atoms with E-state index in [4.69, 9.17) is 0 Å². The standard InChI is InChI=1S/C25H20FN5/c1-18-6-5-8-19(14-18)7-3-2-4-12-28-25(23-17-30-23)31-21-9-10-22(29-16-21)20-11-13-27-24(26)15-20/h2-17,31H,1H3/b4-2+,7-3+,25-23+,28-12+. The van der Waals surface area contributed by atoms with Crippen LogP contribution in [-0.2, 0) is 0 Å². The lowest BCUT2D eigenvalue weighted by atomic mass is 10.1. The van der Waals surface area contributed by atoms with E-state index in [-0.39, 0.29) is 0 Å². The van der Waals surface area contributed by atoms with Gasteiger partial charge in [0.15, 0.2) is 5.82 Å². The van der Waals surface area contributed by atoms with E-state index in [0.717, 1.165) is 16.9 Å². The molecule has 0 spiro atoms. The Morgan fingerprint density at radius 3 is 2.68 bits per heavy atom. The van der Waals surface area contributed by atoms with Crippen molar-refractivity contribution in [2.24, 2.45) is 9.98 Å². The van der Waals surface area contributed by atoms with Crippen LogP contribution in [0.25, 0.3) is 17.3 Å². The monoisotopic (exact) mass is 409 g/mol.